The van der Waals surface area contributed by atoms with Crippen molar-refractivity contribution in [2.24, 2.45) is 0 Å². The van der Waals surface area contributed by atoms with Gasteiger partial charge in [-0.05, 0) is 50.7 Å². The molecule has 5 heteroatoms. The first kappa shape index (κ1) is 15.1. The first-order valence-electron chi connectivity index (χ1n) is 7.03. The molecule has 0 atom stereocenters. The number of nitrogens with two attached hydrogens (primary N) is 1. The number of benzene rings is 1. The Bertz CT molecular complexity index is 586. The highest BCUT2D eigenvalue weighted by Crippen LogP contribution is 2.23. The van der Waals surface area contributed by atoms with Crippen LogP contribution in [0.3, 0.4) is 0 Å². The molecule has 0 unspecified atom stereocenters. The predicted molar refractivity (Wildman–Crippen MR) is 81.9 cm³/mol. The molecule has 1 aromatic rings. The molecule has 3 N–H and O–H groups in total. The molecule has 4 nitrogen and oxygen atoms in total. The van der Waals surface area contributed by atoms with E-state index in [2.05, 4.69) is 10.8 Å². The van der Waals surface area contributed by atoms with Gasteiger partial charge in [-0.2, -0.15) is 0 Å². The van der Waals surface area contributed by atoms with E-state index in [0.717, 1.165) is 19.3 Å². The molecule has 0 spiro atoms. The summed E-state index contributed by atoms with van der Waals surface area (Å²) in [7, 11) is -3.52. The lowest BCUT2D eigenvalue weighted by Gasteiger charge is -2.14. The van der Waals surface area contributed by atoms with E-state index in [-0.39, 0.29) is 4.90 Å². The maximum absolute atomic E-state index is 12.3. The minimum absolute atomic E-state index is 0.206. The van der Waals surface area contributed by atoms with Gasteiger partial charge in [0.2, 0.25) is 10.0 Å². The molecule has 2 rings (SSSR count). The van der Waals surface area contributed by atoms with Crippen molar-refractivity contribution >= 4 is 15.7 Å². The summed E-state index contributed by atoms with van der Waals surface area (Å²) in [4.78, 5) is 0.206. The number of nitrogen functional groups attached to an aromatic ring is 1. The van der Waals surface area contributed by atoms with Crippen molar-refractivity contribution in [3.8, 4) is 0 Å². The third kappa shape index (κ3) is 3.61. The fourth-order valence-electron chi connectivity index (χ4n) is 2.59. The monoisotopic (exact) mass is 294 g/mol. The molecule has 0 fully saturated rings. The van der Waals surface area contributed by atoms with Crippen LogP contribution in [0.15, 0.2) is 34.7 Å². The van der Waals surface area contributed by atoms with Crippen LogP contribution in [0.25, 0.3) is 0 Å². The molecule has 0 amide bonds. The van der Waals surface area contributed by atoms with E-state index in [9.17, 15) is 8.42 Å². The fourth-order valence-corrected chi connectivity index (χ4v) is 3.98. The Kier molecular flexibility index (Phi) is 4.83. The maximum atomic E-state index is 12.3. The second-order valence-electron chi connectivity index (χ2n) is 5.25. The highest BCUT2D eigenvalue weighted by Gasteiger charge is 2.19. The lowest BCUT2D eigenvalue weighted by Crippen LogP contribution is -2.26. The SMILES string of the molecule is Cc1cccc(N)c1S(=O)(=O)NCCC1=CCCCC1. The van der Waals surface area contributed by atoms with Crippen molar-refractivity contribution in [3.63, 3.8) is 0 Å². The summed E-state index contributed by atoms with van der Waals surface area (Å²) in [6.45, 7) is 2.19. The summed E-state index contributed by atoms with van der Waals surface area (Å²) in [5, 5.41) is 0. The molecule has 110 valence electrons. The van der Waals surface area contributed by atoms with Crippen LogP contribution in [-0.4, -0.2) is 15.0 Å². The molecule has 0 saturated heterocycles. The molecule has 1 aliphatic carbocycles. The van der Waals surface area contributed by atoms with Crippen LogP contribution in [0.5, 0.6) is 0 Å². The fraction of sp³-hybridized carbons (Fsp3) is 0.467. The Balaban J connectivity index is 2.02. The largest absolute Gasteiger partial charge is 0.398 e. The van der Waals surface area contributed by atoms with E-state index < -0.39 is 10.0 Å². The predicted octanol–water partition coefficient (Wildman–Crippen LogP) is 2.75. The normalized spacial score (nSPS) is 15.9. The standard InChI is InChI=1S/C15H22N2O2S/c1-12-6-5-9-14(16)15(12)20(18,19)17-11-10-13-7-3-2-4-8-13/h5-7,9,17H,2-4,8,10-11,16H2,1H3. The van der Waals surface area contributed by atoms with Crippen molar-refractivity contribution in [1.82, 2.24) is 4.72 Å². The van der Waals surface area contributed by atoms with E-state index in [1.165, 1.54) is 18.4 Å². The van der Waals surface area contributed by atoms with Gasteiger partial charge in [0.05, 0.1) is 5.69 Å². The van der Waals surface area contributed by atoms with Crippen molar-refractivity contribution in [2.75, 3.05) is 12.3 Å². The van der Waals surface area contributed by atoms with Gasteiger partial charge < -0.3 is 5.73 Å². The van der Waals surface area contributed by atoms with E-state index in [1.54, 1.807) is 25.1 Å². The number of allylic oxidation sites excluding steroid dienone is 1. The number of nitrogens with one attached hydrogen (secondary N) is 1. The number of rotatable bonds is 5. The molecule has 1 aliphatic rings. The molecular weight excluding hydrogens is 272 g/mol. The topological polar surface area (TPSA) is 72.2 Å². The van der Waals surface area contributed by atoms with E-state index in [1.807, 2.05) is 0 Å². The third-order valence-electron chi connectivity index (χ3n) is 3.63. The van der Waals surface area contributed by atoms with Gasteiger partial charge in [-0.1, -0.05) is 23.8 Å². The van der Waals surface area contributed by atoms with Crippen LogP contribution >= 0.6 is 0 Å². The number of aryl methyl sites for hydroxylation is 1. The minimum Gasteiger partial charge on any atom is -0.398 e. The van der Waals surface area contributed by atoms with Crippen LogP contribution in [0.2, 0.25) is 0 Å². The molecule has 0 saturated carbocycles. The highest BCUT2D eigenvalue weighted by molar-refractivity contribution is 7.89. The number of hydrogen-bond donors (Lipinski definition) is 2. The van der Waals surface area contributed by atoms with Crippen molar-refractivity contribution in [2.45, 2.75) is 43.9 Å². The average Bonchev–Trinajstić information content (AvgIpc) is 2.39. The Morgan fingerprint density at radius 2 is 2.10 bits per heavy atom. The van der Waals surface area contributed by atoms with Crippen molar-refractivity contribution in [1.29, 1.82) is 0 Å². The van der Waals surface area contributed by atoms with Gasteiger partial charge in [0.15, 0.2) is 0 Å². The third-order valence-corrected chi connectivity index (χ3v) is 5.31. The summed E-state index contributed by atoms with van der Waals surface area (Å²) in [6, 6.07) is 5.14. The van der Waals surface area contributed by atoms with Gasteiger partial charge in [0.25, 0.3) is 0 Å². The van der Waals surface area contributed by atoms with Gasteiger partial charge in [0, 0.05) is 6.54 Å². The maximum Gasteiger partial charge on any atom is 0.242 e. The van der Waals surface area contributed by atoms with Crippen LogP contribution in [0.1, 0.15) is 37.7 Å². The zero-order chi connectivity index (χ0) is 14.6. The van der Waals surface area contributed by atoms with E-state index in [0.29, 0.717) is 17.8 Å². The summed E-state index contributed by atoms with van der Waals surface area (Å²) < 4.78 is 27.3. The molecule has 0 bridgehead atoms. The lowest BCUT2D eigenvalue weighted by atomic mass is 9.97. The van der Waals surface area contributed by atoms with Crippen LogP contribution in [0.4, 0.5) is 5.69 Å². The number of hydrogen-bond acceptors (Lipinski definition) is 3. The Morgan fingerprint density at radius 3 is 2.75 bits per heavy atom. The second kappa shape index (κ2) is 6.41. The van der Waals surface area contributed by atoms with Gasteiger partial charge in [0.1, 0.15) is 4.90 Å². The van der Waals surface area contributed by atoms with Crippen molar-refractivity contribution < 1.29 is 8.42 Å². The minimum atomic E-state index is -3.52. The Morgan fingerprint density at radius 1 is 1.30 bits per heavy atom. The second-order valence-corrected chi connectivity index (χ2v) is 6.95. The van der Waals surface area contributed by atoms with Crippen LogP contribution < -0.4 is 10.5 Å². The summed E-state index contributed by atoms with van der Waals surface area (Å²) in [5.74, 6) is 0. The van der Waals surface area contributed by atoms with Gasteiger partial charge in [-0.25, -0.2) is 13.1 Å². The Hall–Kier alpha value is -1.33. The first-order chi connectivity index (χ1) is 9.50. The highest BCUT2D eigenvalue weighted by atomic mass is 32.2. The molecular formula is C15H22N2O2S. The molecule has 1 aromatic carbocycles. The lowest BCUT2D eigenvalue weighted by molar-refractivity contribution is 0.579. The molecule has 20 heavy (non-hydrogen) atoms. The first-order valence-corrected chi connectivity index (χ1v) is 8.52. The molecule has 0 aliphatic heterocycles. The Labute approximate surface area is 121 Å². The molecule has 0 heterocycles. The van der Waals surface area contributed by atoms with Crippen molar-refractivity contribution in [3.05, 3.63) is 35.4 Å². The van der Waals surface area contributed by atoms with Crippen LogP contribution in [-0.2, 0) is 10.0 Å². The van der Waals surface area contributed by atoms with E-state index >= 15 is 0 Å². The zero-order valence-electron chi connectivity index (χ0n) is 11.9. The average molecular weight is 294 g/mol. The number of anilines is 1. The van der Waals surface area contributed by atoms with Crippen LogP contribution in [0, 0.1) is 6.92 Å². The molecule has 0 aromatic heterocycles. The summed E-state index contributed by atoms with van der Waals surface area (Å²) >= 11 is 0. The van der Waals surface area contributed by atoms with Gasteiger partial charge >= 0.3 is 0 Å². The molecule has 0 radical (unpaired) electrons. The van der Waals surface area contributed by atoms with Gasteiger partial charge in [-0.3, -0.25) is 0 Å². The summed E-state index contributed by atoms with van der Waals surface area (Å²) in [5.41, 5.74) is 8.13. The van der Waals surface area contributed by atoms with Gasteiger partial charge in [-0.15, -0.1) is 0 Å². The zero-order valence-corrected chi connectivity index (χ0v) is 12.7. The van der Waals surface area contributed by atoms with E-state index in [4.69, 9.17) is 5.73 Å². The smallest absolute Gasteiger partial charge is 0.242 e. The quantitative estimate of drug-likeness (QED) is 0.648. The summed E-state index contributed by atoms with van der Waals surface area (Å²) in [6.07, 6.45) is 7.68. The number of sulfonamides is 1.